The van der Waals surface area contributed by atoms with Gasteiger partial charge in [-0.25, -0.2) is 0 Å². The molecule has 1 aliphatic rings. The maximum absolute atomic E-state index is 12.1. The number of hydrogen-bond acceptors (Lipinski definition) is 3. The molecule has 0 aliphatic heterocycles. The van der Waals surface area contributed by atoms with Crippen molar-refractivity contribution in [1.82, 2.24) is 5.32 Å². The average Bonchev–Trinajstić information content (AvgIpc) is 2.47. The van der Waals surface area contributed by atoms with Gasteiger partial charge in [-0.05, 0) is 59.5 Å². The topological polar surface area (TPSA) is 86.6 Å². The lowest BCUT2D eigenvalue weighted by Gasteiger charge is -2.28. The molecule has 2 rings (SSSR count). The maximum atomic E-state index is 12.1. The SMILES string of the molecule is O=C(NCC1CCCCC1C(=O)O)c1cc(I)ccc1O. The number of aromatic hydroxyl groups is 1. The van der Waals surface area contributed by atoms with Gasteiger partial charge in [0.1, 0.15) is 5.75 Å². The summed E-state index contributed by atoms with van der Waals surface area (Å²) in [7, 11) is 0. The number of halogens is 1. The number of phenolic OH excluding ortho intramolecular Hbond substituents is 1. The number of carbonyl (C=O) groups is 2. The van der Waals surface area contributed by atoms with Gasteiger partial charge in [0.2, 0.25) is 0 Å². The molecule has 1 aliphatic carbocycles. The molecule has 0 bridgehead atoms. The Morgan fingerprint density at radius 1 is 1.29 bits per heavy atom. The predicted octanol–water partition coefficient (Wildman–Crippen LogP) is 2.62. The quantitative estimate of drug-likeness (QED) is 0.675. The minimum Gasteiger partial charge on any atom is -0.507 e. The van der Waals surface area contributed by atoms with Crippen molar-refractivity contribution in [3.63, 3.8) is 0 Å². The van der Waals surface area contributed by atoms with E-state index in [0.29, 0.717) is 13.0 Å². The number of nitrogens with one attached hydrogen (secondary N) is 1. The highest BCUT2D eigenvalue weighted by Gasteiger charge is 2.31. The van der Waals surface area contributed by atoms with Crippen molar-refractivity contribution < 1.29 is 19.8 Å². The molecule has 1 saturated carbocycles. The summed E-state index contributed by atoms with van der Waals surface area (Å²) in [5.41, 5.74) is 0.226. The van der Waals surface area contributed by atoms with E-state index in [1.165, 1.54) is 6.07 Å². The van der Waals surface area contributed by atoms with Gasteiger partial charge in [0, 0.05) is 10.1 Å². The molecule has 1 amide bonds. The fourth-order valence-corrected chi connectivity index (χ4v) is 3.28. The molecule has 114 valence electrons. The molecule has 0 aromatic heterocycles. The van der Waals surface area contributed by atoms with Gasteiger partial charge >= 0.3 is 5.97 Å². The number of phenols is 1. The number of amides is 1. The standard InChI is InChI=1S/C15H18INO4/c16-10-5-6-13(18)12(7-10)14(19)17-8-9-3-1-2-4-11(9)15(20)21/h5-7,9,11,18H,1-4,8H2,(H,17,19)(H,20,21). The number of aliphatic carboxylic acids is 1. The van der Waals surface area contributed by atoms with Gasteiger partial charge in [-0.3, -0.25) is 9.59 Å². The molecule has 3 N–H and O–H groups in total. The zero-order chi connectivity index (χ0) is 15.4. The molecule has 1 aromatic rings. The molecular weight excluding hydrogens is 385 g/mol. The number of carboxylic acid groups (broad SMARTS) is 1. The molecular formula is C15H18INO4. The molecule has 0 radical (unpaired) electrons. The van der Waals surface area contributed by atoms with Crippen molar-refractivity contribution in [2.24, 2.45) is 11.8 Å². The first-order valence-corrected chi connectivity index (χ1v) is 8.06. The van der Waals surface area contributed by atoms with Crippen LogP contribution in [0, 0.1) is 15.4 Å². The van der Waals surface area contributed by atoms with Crippen LogP contribution in [0.15, 0.2) is 18.2 Å². The van der Waals surface area contributed by atoms with E-state index in [9.17, 15) is 19.8 Å². The van der Waals surface area contributed by atoms with Crippen LogP contribution < -0.4 is 5.32 Å². The van der Waals surface area contributed by atoms with Gasteiger partial charge in [-0.15, -0.1) is 0 Å². The van der Waals surface area contributed by atoms with Crippen LogP contribution in [0.3, 0.4) is 0 Å². The van der Waals surface area contributed by atoms with Crippen LogP contribution in [0.4, 0.5) is 0 Å². The smallest absolute Gasteiger partial charge is 0.306 e. The summed E-state index contributed by atoms with van der Waals surface area (Å²) in [5, 5.41) is 21.7. The summed E-state index contributed by atoms with van der Waals surface area (Å²) in [6.07, 6.45) is 3.41. The highest BCUT2D eigenvalue weighted by atomic mass is 127. The third-order valence-corrected chi connectivity index (χ3v) is 4.63. The summed E-state index contributed by atoms with van der Waals surface area (Å²) >= 11 is 2.07. The van der Waals surface area contributed by atoms with Gasteiger partial charge < -0.3 is 15.5 Å². The third-order valence-electron chi connectivity index (χ3n) is 3.95. The zero-order valence-corrected chi connectivity index (χ0v) is 13.7. The molecule has 6 heteroatoms. The first kappa shape index (κ1) is 16.1. The highest BCUT2D eigenvalue weighted by Crippen LogP contribution is 2.30. The number of hydrogen-bond donors (Lipinski definition) is 3. The average molecular weight is 403 g/mol. The Morgan fingerprint density at radius 3 is 2.71 bits per heavy atom. The van der Waals surface area contributed by atoms with Crippen molar-refractivity contribution in [3.05, 3.63) is 27.3 Å². The Labute approximate surface area is 136 Å². The van der Waals surface area contributed by atoms with Crippen molar-refractivity contribution in [1.29, 1.82) is 0 Å². The van der Waals surface area contributed by atoms with E-state index in [-0.39, 0.29) is 29.1 Å². The Balaban J connectivity index is 1.99. The first-order valence-electron chi connectivity index (χ1n) is 6.98. The molecule has 5 nitrogen and oxygen atoms in total. The molecule has 2 unspecified atom stereocenters. The maximum Gasteiger partial charge on any atom is 0.306 e. The van der Waals surface area contributed by atoms with Gasteiger partial charge in [0.05, 0.1) is 11.5 Å². The van der Waals surface area contributed by atoms with E-state index in [1.807, 2.05) is 0 Å². The minimum absolute atomic E-state index is 0.0369. The monoisotopic (exact) mass is 403 g/mol. The normalized spacial score (nSPS) is 21.8. The van der Waals surface area contributed by atoms with Gasteiger partial charge in [-0.1, -0.05) is 12.8 Å². The molecule has 0 saturated heterocycles. The first-order chi connectivity index (χ1) is 9.99. The Hall–Kier alpha value is -1.31. The van der Waals surface area contributed by atoms with Crippen LogP contribution in [-0.4, -0.2) is 28.6 Å². The predicted molar refractivity (Wildman–Crippen MR) is 86.2 cm³/mol. The van der Waals surface area contributed by atoms with Gasteiger partial charge in [-0.2, -0.15) is 0 Å². The molecule has 1 fully saturated rings. The third kappa shape index (κ3) is 4.09. The second-order valence-corrected chi connectivity index (χ2v) is 6.61. The van der Waals surface area contributed by atoms with Crippen LogP contribution in [0.2, 0.25) is 0 Å². The van der Waals surface area contributed by atoms with Gasteiger partial charge in [0.25, 0.3) is 5.91 Å². The van der Waals surface area contributed by atoms with E-state index >= 15 is 0 Å². The Kier molecular flexibility index (Phi) is 5.44. The second kappa shape index (κ2) is 7.11. The van der Waals surface area contributed by atoms with E-state index in [0.717, 1.165) is 22.8 Å². The van der Waals surface area contributed by atoms with E-state index in [4.69, 9.17) is 0 Å². The van der Waals surface area contributed by atoms with Crippen LogP contribution >= 0.6 is 22.6 Å². The van der Waals surface area contributed by atoms with E-state index in [2.05, 4.69) is 27.9 Å². The largest absolute Gasteiger partial charge is 0.507 e. The molecule has 21 heavy (non-hydrogen) atoms. The van der Waals surface area contributed by atoms with Gasteiger partial charge in [0.15, 0.2) is 0 Å². The van der Waals surface area contributed by atoms with Crippen molar-refractivity contribution in [3.8, 4) is 5.75 Å². The Morgan fingerprint density at radius 2 is 2.00 bits per heavy atom. The van der Waals surface area contributed by atoms with Crippen LogP contribution in [0.25, 0.3) is 0 Å². The number of benzene rings is 1. The number of carboxylic acids is 1. The molecule has 0 heterocycles. The zero-order valence-electron chi connectivity index (χ0n) is 11.5. The minimum atomic E-state index is -0.786. The van der Waals surface area contributed by atoms with Crippen molar-refractivity contribution >= 4 is 34.5 Å². The van der Waals surface area contributed by atoms with Crippen LogP contribution in [0.5, 0.6) is 5.75 Å². The highest BCUT2D eigenvalue weighted by molar-refractivity contribution is 14.1. The molecule has 0 spiro atoms. The van der Waals surface area contributed by atoms with E-state index < -0.39 is 5.97 Å². The second-order valence-electron chi connectivity index (χ2n) is 5.36. The molecule has 1 aromatic carbocycles. The van der Waals surface area contributed by atoms with E-state index in [1.54, 1.807) is 12.1 Å². The summed E-state index contributed by atoms with van der Waals surface area (Å²) in [6.45, 7) is 0.334. The van der Waals surface area contributed by atoms with Crippen LogP contribution in [0.1, 0.15) is 36.0 Å². The number of rotatable bonds is 4. The molecule has 2 atom stereocenters. The summed E-state index contributed by atoms with van der Waals surface area (Å²) in [6, 6.07) is 4.81. The fourth-order valence-electron chi connectivity index (χ4n) is 2.79. The lowest BCUT2D eigenvalue weighted by molar-refractivity contribution is -0.144. The Bertz CT molecular complexity index is 546. The number of carbonyl (C=O) groups excluding carboxylic acids is 1. The van der Waals surface area contributed by atoms with Crippen LogP contribution in [-0.2, 0) is 4.79 Å². The summed E-state index contributed by atoms with van der Waals surface area (Å²) in [4.78, 5) is 23.3. The fraction of sp³-hybridized carbons (Fsp3) is 0.467. The summed E-state index contributed by atoms with van der Waals surface area (Å²) < 4.78 is 0.858. The lowest BCUT2D eigenvalue weighted by Crippen LogP contribution is -2.37. The van der Waals surface area contributed by atoms with Crippen molar-refractivity contribution in [2.75, 3.05) is 6.54 Å². The van der Waals surface area contributed by atoms with Crippen molar-refractivity contribution in [2.45, 2.75) is 25.7 Å². The summed E-state index contributed by atoms with van der Waals surface area (Å²) in [5.74, 6) is -1.63. The lowest BCUT2D eigenvalue weighted by atomic mass is 9.79.